The van der Waals surface area contributed by atoms with E-state index in [0.29, 0.717) is 6.42 Å². The average molecular weight is 242 g/mol. The van der Waals surface area contributed by atoms with Gasteiger partial charge in [-0.15, -0.1) is 0 Å². The van der Waals surface area contributed by atoms with Gasteiger partial charge in [-0.25, -0.2) is 4.79 Å². The Morgan fingerprint density at radius 1 is 1.28 bits per heavy atom. The lowest BCUT2D eigenvalue weighted by Crippen LogP contribution is -2.52. The van der Waals surface area contributed by atoms with Gasteiger partial charge in [0.25, 0.3) is 5.91 Å². The number of H-pyrrole nitrogens is 1. The minimum absolute atomic E-state index is 0.237. The number of aromatic amines is 1. The van der Waals surface area contributed by atoms with E-state index < -0.39 is 12.1 Å². The zero-order valence-corrected chi connectivity index (χ0v) is 9.40. The molecule has 1 amide bonds. The van der Waals surface area contributed by atoms with E-state index in [0.717, 1.165) is 22.0 Å². The summed E-state index contributed by atoms with van der Waals surface area (Å²) in [5.41, 5.74) is 2.78. The van der Waals surface area contributed by atoms with Crippen LogP contribution in [0.4, 0.5) is 0 Å². The molecular weight excluding hydrogens is 232 g/mol. The second kappa shape index (κ2) is 3.13. The van der Waals surface area contributed by atoms with Gasteiger partial charge in [-0.2, -0.15) is 0 Å². The van der Waals surface area contributed by atoms with Crippen molar-refractivity contribution >= 4 is 22.8 Å². The summed E-state index contributed by atoms with van der Waals surface area (Å²) in [4.78, 5) is 26.9. The Labute approximate surface area is 102 Å². The molecule has 1 aromatic carbocycles. The number of benzene rings is 1. The first-order valence-electron chi connectivity index (χ1n) is 5.84. The van der Waals surface area contributed by atoms with Crippen LogP contribution in [0.5, 0.6) is 0 Å². The Hall–Kier alpha value is -2.30. The lowest BCUT2D eigenvalue weighted by Gasteiger charge is -2.31. The highest BCUT2D eigenvalue weighted by Gasteiger charge is 2.40. The van der Waals surface area contributed by atoms with Gasteiger partial charge in [0, 0.05) is 29.1 Å². The van der Waals surface area contributed by atoms with Crippen LogP contribution in [-0.4, -0.2) is 22.9 Å². The normalized spacial score (nSPS) is 25.6. The molecule has 0 radical (unpaired) electrons. The minimum atomic E-state index is -0.827. The molecule has 0 aliphatic carbocycles. The van der Waals surface area contributed by atoms with Gasteiger partial charge in [0.15, 0.2) is 0 Å². The van der Waals surface area contributed by atoms with Gasteiger partial charge in [0.05, 0.1) is 0 Å². The van der Waals surface area contributed by atoms with Crippen molar-refractivity contribution in [3.63, 3.8) is 0 Å². The number of amides is 1. The summed E-state index contributed by atoms with van der Waals surface area (Å²) in [7, 11) is 0. The Bertz CT molecular complexity index is 689. The van der Waals surface area contributed by atoms with Crippen LogP contribution in [0.15, 0.2) is 24.4 Å². The summed E-state index contributed by atoms with van der Waals surface area (Å²) in [5, 5.41) is 3.72. The largest absolute Gasteiger partial charge is 0.446 e. The second-order valence-electron chi connectivity index (χ2n) is 4.67. The molecule has 2 N–H and O–H groups in total. The number of rotatable bonds is 0. The van der Waals surface area contributed by atoms with Gasteiger partial charge < -0.3 is 15.0 Å². The number of esters is 1. The molecule has 2 unspecified atom stereocenters. The first-order valence-corrected chi connectivity index (χ1v) is 5.84. The van der Waals surface area contributed by atoms with Crippen molar-refractivity contribution in [1.82, 2.24) is 10.3 Å². The highest BCUT2D eigenvalue weighted by molar-refractivity contribution is 5.99. The number of hydrogen-bond acceptors (Lipinski definition) is 3. The van der Waals surface area contributed by atoms with Crippen LogP contribution in [0.3, 0.4) is 0 Å². The van der Waals surface area contributed by atoms with Crippen molar-refractivity contribution in [2.24, 2.45) is 0 Å². The summed E-state index contributed by atoms with van der Waals surface area (Å²) in [6.45, 7) is 0. The SMILES string of the molecule is O=C1OC2C(=O)NC1Cc1c[nH]c3cccc2c13. The maximum Gasteiger partial charge on any atom is 0.330 e. The summed E-state index contributed by atoms with van der Waals surface area (Å²) in [6.07, 6.45) is 1.54. The first-order chi connectivity index (χ1) is 8.74. The van der Waals surface area contributed by atoms with E-state index in [-0.39, 0.29) is 11.9 Å². The molecule has 1 saturated heterocycles. The number of fused-ring (bicyclic) bond motifs is 2. The highest BCUT2D eigenvalue weighted by atomic mass is 16.6. The number of aromatic nitrogens is 1. The van der Waals surface area contributed by atoms with Crippen molar-refractivity contribution in [2.75, 3.05) is 0 Å². The third kappa shape index (κ3) is 1.11. The lowest BCUT2D eigenvalue weighted by atomic mass is 9.93. The van der Waals surface area contributed by atoms with Crippen LogP contribution < -0.4 is 5.32 Å². The van der Waals surface area contributed by atoms with Gasteiger partial charge >= 0.3 is 5.97 Å². The number of morpholine rings is 1. The zero-order chi connectivity index (χ0) is 12.3. The van der Waals surface area contributed by atoms with E-state index in [2.05, 4.69) is 10.3 Å². The molecule has 1 aromatic heterocycles. The van der Waals surface area contributed by atoms with Crippen LogP contribution in [0.25, 0.3) is 10.9 Å². The molecule has 5 rings (SSSR count). The molecule has 5 heteroatoms. The van der Waals surface area contributed by atoms with E-state index in [1.54, 1.807) is 0 Å². The van der Waals surface area contributed by atoms with Gasteiger partial charge in [0.2, 0.25) is 6.10 Å². The molecule has 90 valence electrons. The standard InChI is InChI=1S/C13H10N2O3/c16-12-11-7-2-1-3-8-10(7)6(5-14-8)4-9(15-12)13(17)18-11/h1-3,5,9,11,14H,4H2,(H,15,16). The molecule has 3 aliphatic rings. The minimum Gasteiger partial charge on any atom is -0.446 e. The number of nitrogens with one attached hydrogen (secondary N) is 2. The predicted molar refractivity (Wildman–Crippen MR) is 62.8 cm³/mol. The fourth-order valence-corrected chi connectivity index (χ4v) is 2.78. The maximum absolute atomic E-state index is 11.9. The third-order valence-corrected chi connectivity index (χ3v) is 3.60. The molecule has 1 fully saturated rings. The number of hydrogen-bond donors (Lipinski definition) is 2. The highest BCUT2D eigenvalue weighted by Crippen LogP contribution is 2.34. The third-order valence-electron chi connectivity index (χ3n) is 3.60. The van der Waals surface area contributed by atoms with Crippen molar-refractivity contribution in [1.29, 1.82) is 0 Å². The van der Waals surface area contributed by atoms with Crippen LogP contribution in [0.1, 0.15) is 17.2 Å². The summed E-state index contributed by atoms with van der Waals surface area (Å²) in [5.74, 6) is -0.595. The number of carbonyl (C=O) groups excluding carboxylic acids is 2. The van der Waals surface area contributed by atoms with Crippen LogP contribution >= 0.6 is 0 Å². The van der Waals surface area contributed by atoms with Crippen molar-refractivity contribution < 1.29 is 14.3 Å². The fraction of sp³-hybridized carbons (Fsp3) is 0.231. The van der Waals surface area contributed by atoms with Crippen molar-refractivity contribution in [2.45, 2.75) is 18.6 Å². The van der Waals surface area contributed by atoms with Crippen molar-refractivity contribution in [3.8, 4) is 0 Å². The molecule has 0 spiro atoms. The predicted octanol–water partition coefficient (Wildman–Crippen LogP) is 0.807. The Morgan fingerprint density at radius 2 is 2.17 bits per heavy atom. The fourth-order valence-electron chi connectivity index (χ4n) is 2.78. The molecule has 4 heterocycles. The molecule has 2 bridgehead atoms. The van der Waals surface area contributed by atoms with Crippen LogP contribution in [0, 0.1) is 0 Å². The van der Waals surface area contributed by atoms with Gasteiger partial charge in [-0.1, -0.05) is 12.1 Å². The van der Waals surface area contributed by atoms with E-state index in [4.69, 9.17) is 4.74 Å². The summed E-state index contributed by atoms with van der Waals surface area (Å²) >= 11 is 0. The summed E-state index contributed by atoms with van der Waals surface area (Å²) in [6, 6.07) is 5.08. The maximum atomic E-state index is 11.9. The Morgan fingerprint density at radius 3 is 3.06 bits per heavy atom. The van der Waals surface area contributed by atoms with Gasteiger partial charge in [-0.3, -0.25) is 4.79 Å². The van der Waals surface area contributed by atoms with E-state index in [1.165, 1.54) is 0 Å². The Balaban J connectivity index is 2.07. The number of carbonyl (C=O) groups is 2. The average Bonchev–Trinajstić information content (AvgIpc) is 2.75. The molecule has 3 aliphatic heterocycles. The topological polar surface area (TPSA) is 71.2 Å². The zero-order valence-electron chi connectivity index (χ0n) is 9.40. The number of ether oxygens (including phenoxy) is 1. The van der Waals surface area contributed by atoms with Gasteiger partial charge in [0.1, 0.15) is 6.04 Å². The summed E-state index contributed by atoms with van der Waals surface area (Å²) < 4.78 is 5.25. The smallest absolute Gasteiger partial charge is 0.330 e. The molecule has 2 atom stereocenters. The quantitative estimate of drug-likeness (QED) is 0.671. The van der Waals surface area contributed by atoms with E-state index in [1.807, 2.05) is 24.4 Å². The monoisotopic (exact) mass is 242 g/mol. The second-order valence-corrected chi connectivity index (χ2v) is 4.67. The van der Waals surface area contributed by atoms with Crippen LogP contribution in [-0.2, 0) is 20.7 Å². The molecule has 18 heavy (non-hydrogen) atoms. The molecule has 0 saturated carbocycles. The Kier molecular flexibility index (Phi) is 1.69. The van der Waals surface area contributed by atoms with Gasteiger partial charge in [-0.05, 0) is 11.6 Å². The van der Waals surface area contributed by atoms with Crippen molar-refractivity contribution in [3.05, 3.63) is 35.5 Å². The van der Waals surface area contributed by atoms with E-state index in [9.17, 15) is 9.59 Å². The molecule has 5 nitrogen and oxygen atoms in total. The van der Waals surface area contributed by atoms with E-state index >= 15 is 0 Å². The van der Waals surface area contributed by atoms with Crippen LogP contribution in [0.2, 0.25) is 0 Å². The molecular formula is C13H10N2O3. The lowest BCUT2D eigenvalue weighted by molar-refractivity contribution is -0.166. The molecule has 2 aromatic rings. The first kappa shape index (κ1) is 9.70.